The molecule has 0 unspecified atom stereocenters. The maximum Gasteiger partial charge on any atom is 0.338 e. The molecule has 11 heteroatoms. The number of hydrogen-bond acceptors (Lipinski definition) is 9. The first-order valence-electron chi connectivity index (χ1n) is 13.6. The van der Waals surface area contributed by atoms with Gasteiger partial charge in [0.1, 0.15) is 0 Å². The number of aliphatic hydroxyl groups is 1. The lowest BCUT2D eigenvalue weighted by Crippen LogP contribution is -2.16. The number of non-ortho nitro benzene ring substituents is 2. The van der Waals surface area contributed by atoms with Gasteiger partial charge in [-0.25, -0.2) is 9.59 Å². The van der Waals surface area contributed by atoms with Gasteiger partial charge in [-0.15, -0.1) is 0 Å². The first kappa shape index (κ1) is 32.4. The second kappa shape index (κ2) is 17.7. The van der Waals surface area contributed by atoms with Crippen molar-refractivity contribution in [2.75, 3.05) is 20.3 Å². The van der Waals surface area contributed by atoms with Crippen LogP contribution in [0.4, 0.5) is 11.4 Å². The van der Waals surface area contributed by atoms with Gasteiger partial charge in [-0.05, 0) is 61.8 Å². The highest BCUT2D eigenvalue weighted by Crippen LogP contribution is 2.24. The summed E-state index contributed by atoms with van der Waals surface area (Å²) in [5.74, 6) is 0.204. The Balaban J connectivity index is 0.000000230. The first-order valence-corrected chi connectivity index (χ1v) is 13.6. The van der Waals surface area contributed by atoms with E-state index in [1.165, 1.54) is 107 Å². The molecule has 0 spiro atoms. The number of rotatable bonds is 7. The normalized spacial score (nSPS) is 15.3. The zero-order valence-corrected chi connectivity index (χ0v) is 22.9. The monoisotopic (exact) mass is 558 g/mol. The largest absolute Gasteiger partial charge is 0.465 e. The van der Waals surface area contributed by atoms with Crippen LogP contribution in [0.3, 0.4) is 0 Å². The van der Waals surface area contributed by atoms with Crippen molar-refractivity contribution < 1.29 is 34.0 Å². The SMILES string of the molecule is COC(=O)c1ccc([N+](=O)[O-])cc1.O=C(OCC1CCCCC1)c1ccc([N+](=O)[O-])cc1.OCC1CCCCC1. The number of aliphatic hydroxyl groups excluding tert-OH is 1. The molecule has 0 bridgehead atoms. The molecule has 2 aromatic rings. The van der Waals surface area contributed by atoms with Crippen LogP contribution >= 0.6 is 0 Å². The second-order valence-corrected chi connectivity index (χ2v) is 9.89. The van der Waals surface area contributed by atoms with Crippen LogP contribution in [0, 0.1) is 32.1 Å². The molecule has 40 heavy (non-hydrogen) atoms. The second-order valence-electron chi connectivity index (χ2n) is 9.89. The highest BCUT2D eigenvalue weighted by Gasteiger charge is 2.17. The Kier molecular flexibility index (Phi) is 14.3. The molecule has 0 saturated heterocycles. The van der Waals surface area contributed by atoms with E-state index in [1.54, 1.807) is 0 Å². The topological polar surface area (TPSA) is 159 Å². The fourth-order valence-corrected chi connectivity index (χ4v) is 4.56. The number of esters is 2. The Bertz CT molecular complexity index is 1080. The van der Waals surface area contributed by atoms with Crippen molar-refractivity contribution in [2.24, 2.45) is 11.8 Å². The standard InChI is InChI=1S/C14H17NO4.C8H7NO4.C7H14O/c16-14(19-10-11-4-2-1-3-5-11)12-6-8-13(9-7-12)15(17)18;1-13-8(10)6-2-4-7(5-3-6)9(11)12;8-6-7-4-2-1-3-5-7/h6-9,11H,1-5,10H2;2-5H,1H3;7-8H,1-6H2. The van der Waals surface area contributed by atoms with Gasteiger partial charge >= 0.3 is 11.9 Å². The van der Waals surface area contributed by atoms with Crippen molar-refractivity contribution >= 4 is 23.3 Å². The lowest BCUT2D eigenvalue weighted by molar-refractivity contribution is -0.385. The zero-order chi connectivity index (χ0) is 29.3. The van der Waals surface area contributed by atoms with Crippen LogP contribution in [0.5, 0.6) is 0 Å². The molecule has 1 N–H and O–H groups in total. The van der Waals surface area contributed by atoms with E-state index in [0.717, 1.165) is 12.8 Å². The molecule has 2 aromatic carbocycles. The van der Waals surface area contributed by atoms with Crippen LogP contribution in [0.1, 0.15) is 84.9 Å². The summed E-state index contributed by atoms with van der Waals surface area (Å²) < 4.78 is 9.69. The third kappa shape index (κ3) is 11.5. The van der Waals surface area contributed by atoms with E-state index in [1.807, 2.05) is 0 Å². The van der Waals surface area contributed by atoms with E-state index in [9.17, 15) is 29.8 Å². The average Bonchev–Trinajstić information content (AvgIpc) is 3.01. The van der Waals surface area contributed by atoms with E-state index in [-0.39, 0.29) is 11.4 Å². The summed E-state index contributed by atoms with van der Waals surface area (Å²) >= 11 is 0. The van der Waals surface area contributed by atoms with Gasteiger partial charge in [0, 0.05) is 30.9 Å². The molecular formula is C29H38N2O9. The summed E-state index contributed by atoms with van der Waals surface area (Å²) in [4.78, 5) is 42.4. The Hall–Kier alpha value is -3.86. The summed E-state index contributed by atoms with van der Waals surface area (Å²) in [6.45, 7) is 0.871. The molecule has 2 fully saturated rings. The van der Waals surface area contributed by atoms with Gasteiger partial charge in [0.25, 0.3) is 11.4 Å². The average molecular weight is 559 g/mol. The van der Waals surface area contributed by atoms with Crippen LogP contribution < -0.4 is 0 Å². The molecule has 11 nitrogen and oxygen atoms in total. The number of nitro groups is 2. The summed E-state index contributed by atoms with van der Waals surface area (Å²) in [5, 5.41) is 29.4. The molecule has 0 aromatic heterocycles. The van der Waals surface area contributed by atoms with Crippen molar-refractivity contribution in [1.82, 2.24) is 0 Å². The van der Waals surface area contributed by atoms with E-state index in [2.05, 4.69) is 4.74 Å². The number of benzene rings is 2. The van der Waals surface area contributed by atoms with Gasteiger partial charge in [0.05, 0.1) is 34.7 Å². The summed E-state index contributed by atoms with van der Waals surface area (Å²) in [5.41, 5.74) is 0.589. The molecule has 0 aliphatic heterocycles. The summed E-state index contributed by atoms with van der Waals surface area (Å²) in [7, 11) is 1.25. The number of carbonyl (C=O) groups is 2. The van der Waals surface area contributed by atoms with Crippen molar-refractivity contribution in [3.8, 4) is 0 Å². The maximum absolute atomic E-state index is 11.8. The number of hydrogen-bond donors (Lipinski definition) is 1. The minimum atomic E-state index is -0.527. The third-order valence-electron chi connectivity index (χ3n) is 6.97. The molecular weight excluding hydrogens is 520 g/mol. The highest BCUT2D eigenvalue weighted by atomic mass is 16.6. The van der Waals surface area contributed by atoms with Crippen molar-refractivity contribution in [1.29, 1.82) is 0 Å². The van der Waals surface area contributed by atoms with Gasteiger partial charge in [-0.2, -0.15) is 0 Å². The zero-order valence-electron chi connectivity index (χ0n) is 22.9. The van der Waals surface area contributed by atoms with Crippen molar-refractivity contribution in [3.05, 3.63) is 79.9 Å². The van der Waals surface area contributed by atoms with E-state index in [0.29, 0.717) is 36.2 Å². The molecule has 0 amide bonds. The van der Waals surface area contributed by atoms with Gasteiger partial charge in [-0.3, -0.25) is 20.2 Å². The predicted octanol–water partition coefficient (Wildman–Crippen LogP) is 6.27. The molecule has 2 saturated carbocycles. The van der Waals surface area contributed by atoms with E-state index < -0.39 is 21.8 Å². The minimum absolute atomic E-state index is 0.0242. The lowest BCUT2D eigenvalue weighted by Gasteiger charge is -2.20. The molecule has 0 atom stereocenters. The number of ether oxygens (including phenoxy) is 2. The van der Waals surface area contributed by atoms with Crippen LogP contribution in [-0.2, 0) is 9.47 Å². The maximum atomic E-state index is 11.8. The predicted molar refractivity (Wildman–Crippen MR) is 148 cm³/mol. The quantitative estimate of drug-likeness (QED) is 0.235. The van der Waals surface area contributed by atoms with E-state index >= 15 is 0 Å². The fraction of sp³-hybridized carbons (Fsp3) is 0.517. The number of nitrogens with zero attached hydrogens (tertiary/aromatic N) is 2. The van der Waals surface area contributed by atoms with Gasteiger partial charge < -0.3 is 14.6 Å². The van der Waals surface area contributed by atoms with Crippen LogP contribution in [0.15, 0.2) is 48.5 Å². The molecule has 218 valence electrons. The van der Waals surface area contributed by atoms with Crippen molar-refractivity contribution in [3.63, 3.8) is 0 Å². The van der Waals surface area contributed by atoms with Gasteiger partial charge in [0.15, 0.2) is 0 Å². The number of methoxy groups -OCH3 is 1. The Morgan fingerprint density at radius 2 is 1.12 bits per heavy atom. The highest BCUT2D eigenvalue weighted by molar-refractivity contribution is 5.90. The Morgan fingerprint density at radius 1 is 0.725 bits per heavy atom. The smallest absolute Gasteiger partial charge is 0.338 e. The molecule has 2 aliphatic carbocycles. The molecule has 4 rings (SSSR count). The molecule has 2 aliphatic rings. The molecule has 0 heterocycles. The van der Waals surface area contributed by atoms with Crippen molar-refractivity contribution in [2.45, 2.75) is 64.2 Å². The van der Waals surface area contributed by atoms with Gasteiger partial charge in [-0.1, -0.05) is 38.5 Å². The van der Waals surface area contributed by atoms with Crippen LogP contribution in [0.2, 0.25) is 0 Å². The van der Waals surface area contributed by atoms with Gasteiger partial charge in [0.2, 0.25) is 0 Å². The van der Waals surface area contributed by atoms with Crippen LogP contribution in [0.25, 0.3) is 0 Å². The van der Waals surface area contributed by atoms with Crippen LogP contribution in [-0.4, -0.2) is 47.2 Å². The first-order chi connectivity index (χ1) is 19.2. The lowest BCUT2D eigenvalue weighted by atomic mass is 9.90. The third-order valence-corrected chi connectivity index (χ3v) is 6.97. The fourth-order valence-electron chi connectivity index (χ4n) is 4.56. The Labute approximate surface area is 233 Å². The Morgan fingerprint density at radius 3 is 1.48 bits per heavy atom. The number of carbonyl (C=O) groups excluding carboxylic acids is 2. The summed E-state index contributed by atoms with van der Waals surface area (Å²) in [6.07, 6.45) is 12.5. The number of nitro benzene ring substituents is 2. The minimum Gasteiger partial charge on any atom is -0.465 e. The van der Waals surface area contributed by atoms with E-state index in [4.69, 9.17) is 9.84 Å². The molecule has 0 radical (unpaired) electrons. The summed E-state index contributed by atoms with van der Waals surface area (Å²) in [6, 6.07) is 10.7.